The van der Waals surface area contributed by atoms with Gasteiger partial charge in [-0.15, -0.1) is 0 Å². The van der Waals surface area contributed by atoms with E-state index >= 15 is 0 Å². The number of rotatable bonds is 2. The standard InChI is InChI=1S/C20H15FN2O4S/c1-22-19-18(28-20(22)25)14(11-2-7-15-16(8-11)27-10-26-15)9-17(24)23(19)13-5-3-12(21)4-6-13/h2-8,14H,9-10H2,1H3. The van der Waals surface area contributed by atoms with Crippen molar-refractivity contribution in [1.82, 2.24) is 4.57 Å². The van der Waals surface area contributed by atoms with Gasteiger partial charge in [-0.05, 0) is 42.0 Å². The van der Waals surface area contributed by atoms with E-state index in [4.69, 9.17) is 9.47 Å². The predicted molar refractivity (Wildman–Crippen MR) is 102 cm³/mol. The molecule has 0 bridgehead atoms. The molecule has 0 fully saturated rings. The van der Waals surface area contributed by atoms with E-state index < -0.39 is 0 Å². The summed E-state index contributed by atoms with van der Waals surface area (Å²) in [6.07, 6.45) is 0.198. The number of aromatic nitrogens is 1. The number of amides is 1. The Morgan fingerprint density at radius 3 is 2.61 bits per heavy atom. The third-order valence-corrected chi connectivity index (χ3v) is 6.18. The van der Waals surface area contributed by atoms with Crippen LogP contribution in [0.4, 0.5) is 15.9 Å². The highest BCUT2D eigenvalue weighted by molar-refractivity contribution is 7.10. The molecule has 2 aromatic carbocycles. The molecule has 142 valence electrons. The van der Waals surface area contributed by atoms with E-state index in [9.17, 15) is 14.0 Å². The third-order valence-electron chi connectivity index (χ3n) is 5.05. The predicted octanol–water partition coefficient (Wildman–Crippen LogP) is 3.51. The molecule has 2 aliphatic rings. The topological polar surface area (TPSA) is 60.8 Å². The summed E-state index contributed by atoms with van der Waals surface area (Å²) in [7, 11) is 1.64. The Kier molecular flexibility index (Phi) is 3.77. The van der Waals surface area contributed by atoms with Gasteiger partial charge in [-0.25, -0.2) is 4.39 Å². The summed E-state index contributed by atoms with van der Waals surface area (Å²) in [6.45, 7) is 0.171. The van der Waals surface area contributed by atoms with Gasteiger partial charge in [0.05, 0.1) is 10.6 Å². The van der Waals surface area contributed by atoms with Crippen LogP contribution in [0.5, 0.6) is 11.5 Å². The van der Waals surface area contributed by atoms with Crippen LogP contribution in [0.3, 0.4) is 0 Å². The van der Waals surface area contributed by atoms with Crippen LogP contribution >= 0.6 is 11.3 Å². The molecular formula is C20H15FN2O4S. The van der Waals surface area contributed by atoms with E-state index in [1.165, 1.54) is 21.6 Å². The van der Waals surface area contributed by atoms with Gasteiger partial charge in [-0.1, -0.05) is 17.4 Å². The van der Waals surface area contributed by atoms with Crippen LogP contribution in [0.1, 0.15) is 22.8 Å². The highest BCUT2D eigenvalue weighted by Crippen LogP contribution is 2.46. The minimum absolute atomic E-state index is 0.155. The summed E-state index contributed by atoms with van der Waals surface area (Å²) in [5, 5.41) is 0. The molecule has 0 spiro atoms. The van der Waals surface area contributed by atoms with Crippen LogP contribution in [-0.2, 0) is 11.8 Å². The van der Waals surface area contributed by atoms with E-state index in [2.05, 4.69) is 0 Å². The van der Waals surface area contributed by atoms with Gasteiger partial charge in [0, 0.05) is 19.4 Å². The van der Waals surface area contributed by atoms with Crippen molar-refractivity contribution in [2.75, 3.05) is 11.7 Å². The normalized spacial score (nSPS) is 17.7. The summed E-state index contributed by atoms with van der Waals surface area (Å²) < 4.78 is 25.6. The average molecular weight is 398 g/mol. The van der Waals surface area contributed by atoms with E-state index in [1.54, 1.807) is 19.2 Å². The van der Waals surface area contributed by atoms with Crippen molar-refractivity contribution in [2.24, 2.45) is 7.05 Å². The van der Waals surface area contributed by atoms with Crippen molar-refractivity contribution in [1.29, 1.82) is 0 Å². The second-order valence-corrected chi connectivity index (χ2v) is 7.68. The molecule has 5 rings (SSSR count). The molecule has 6 nitrogen and oxygen atoms in total. The first-order chi connectivity index (χ1) is 13.5. The number of thiazole rings is 1. The van der Waals surface area contributed by atoms with Crippen LogP contribution in [0.15, 0.2) is 47.3 Å². The Balaban J connectivity index is 1.65. The largest absolute Gasteiger partial charge is 0.454 e. The van der Waals surface area contributed by atoms with Crippen LogP contribution in [0.2, 0.25) is 0 Å². The summed E-state index contributed by atoms with van der Waals surface area (Å²) in [6, 6.07) is 11.3. The molecule has 3 aromatic rings. The number of ether oxygens (including phenoxy) is 2. The third kappa shape index (κ3) is 2.52. The molecule has 1 amide bonds. The first kappa shape index (κ1) is 17.0. The number of anilines is 2. The minimum atomic E-state index is -0.383. The fraction of sp³-hybridized carbons (Fsp3) is 0.200. The maximum absolute atomic E-state index is 13.3. The molecule has 3 heterocycles. The van der Waals surface area contributed by atoms with Crippen LogP contribution in [0.25, 0.3) is 0 Å². The van der Waals surface area contributed by atoms with Gasteiger partial charge in [-0.2, -0.15) is 0 Å². The Morgan fingerprint density at radius 1 is 1.07 bits per heavy atom. The van der Waals surface area contributed by atoms with Gasteiger partial charge in [0.1, 0.15) is 11.6 Å². The summed E-state index contributed by atoms with van der Waals surface area (Å²) in [5.74, 6) is 1.03. The molecule has 0 N–H and O–H groups in total. The van der Waals surface area contributed by atoms with E-state index in [0.29, 0.717) is 23.0 Å². The van der Waals surface area contributed by atoms with Gasteiger partial charge in [-0.3, -0.25) is 19.1 Å². The monoisotopic (exact) mass is 398 g/mol. The number of carbonyl (C=O) groups is 1. The number of benzene rings is 2. The number of hydrogen-bond acceptors (Lipinski definition) is 5. The lowest BCUT2D eigenvalue weighted by Crippen LogP contribution is -2.34. The fourth-order valence-corrected chi connectivity index (χ4v) is 4.77. The number of nitrogens with zero attached hydrogens (tertiary/aromatic N) is 2. The Hall–Kier alpha value is -3.13. The molecule has 8 heteroatoms. The molecule has 1 aromatic heterocycles. The molecule has 0 aliphatic carbocycles. The lowest BCUT2D eigenvalue weighted by Gasteiger charge is -2.32. The SMILES string of the molecule is Cn1c2c(sc1=O)C(c1ccc3c(c1)OCO3)CC(=O)N2c1ccc(F)cc1. The van der Waals surface area contributed by atoms with E-state index in [1.807, 2.05) is 18.2 Å². The first-order valence-electron chi connectivity index (χ1n) is 8.70. The second kappa shape index (κ2) is 6.20. The van der Waals surface area contributed by atoms with Gasteiger partial charge < -0.3 is 9.47 Å². The smallest absolute Gasteiger partial charge is 0.308 e. The van der Waals surface area contributed by atoms with Gasteiger partial charge in [0.2, 0.25) is 12.7 Å². The lowest BCUT2D eigenvalue weighted by atomic mass is 9.90. The van der Waals surface area contributed by atoms with Crippen LogP contribution < -0.4 is 19.2 Å². The summed E-state index contributed by atoms with van der Waals surface area (Å²) >= 11 is 1.12. The zero-order valence-electron chi connectivity index (χ0n) is 14.8. The molecule has 1 atom stereocenters. The highest BCUT2D eigenvalue weighted by Gasteiger charge is 2.37. The zero-order chi connectivity index (χ0) is 19.4. The van der Waals surface area contributed by atoms with Gasteiger partial charge in [0.25, 0.3) is 0 Å². The zero-order valence-corrected chi connectivity index (χ0v) is 15.7. The molecule has 28 heavy (non-hydrogen) atoms. The maximum Gasteiger partial charge on any atom is 0.308 e. The van der Waals surface area contributed by atoms with E-state index in [0.717, 1.165) is 21.8 Å². The van der Waals surface area contributed by atoms with Crippen molar-refractivity contribution < 1.29 is 18.7 Å². The quantitative estimate of drug-likeness (QED) is 0.663. The molecule has 2 aliphatic heterocycles. The number of carbonyl (C=O) groups excluding carboxylic acids is 1. The minimum Gasteiger partial charge on any atom is -0.454 e. The number of fused-ring (bicyclic) bond motifs is 2. The summed E-state index contributed by atoms with van der Waals surface area (Å²) in [5.41, 5.74) is 1.42. The van der Waals surface area contributed by atoms with E-state index in [-0.39, 0.29) is 35.7 Å². The Morgan fingerprint density at radius 2 is 1.82 bits per heavy atom. The molecule has 0 radical (unpaired) electrons. The van der Waals surface area contributed by atoms with Gasteiger partial charge in [0.15, 0.2) is 11.5 Å². The van der Waals surface area contributed by atoms with Crippen LogP contribution in [0, 0.1) is 5.82 Å². The second-order valence-electron chi connectivity index (χ2n) is 6.69. The average Bonchev–Trinajstić information content (AvgIpc) is 3.27. The van der Waals surface area contributed by atoms with Crippen molar-refractivity contribution in [2.45, 2.75) is 12.3 Å². The number of hydrogen-bond donors (Lipinski definition) is 0. The lowest BCUT2D eigenvalue weighted by molar-refractivity contribution is -0.118. The van der Waals surface area contributed by atoms with Crippen molar-refractivity contribution >= 4 is 28.7 Å². The Bertz CT molecular complexity index is 1150. The van der Waals surface area contributed by atoms with Crippen molar-refractivity contribution in [3.63, 3.8) is 0 Å². The fourth-order valence-electron chi connectivity index (χ4n) is 3.68. The highest BCUT2D eigenvalue weighted by atomic mass is 32.1. The molecule has 1 unspecified atom stereocenters. The number of halogens is 1. The molecule has 0 saturated heterocycles. The van der Waals surface area contributed by atoms with Gasteiger partial charge >= 0.3 is 4.87 Å². The maximum atomic E-state index is 13.3. The Labute approximate surface area is 163 Å². The summed E-state index contributed by atoms with van der Waals surface area (Å²) in [4.78, 5) is 27.7. The van der Waals surface area contributed by atoms with Crippen molar-refractivity contribution in [3.8, 4) is 11.5 Å². The molecular weight excluding hydrogens is 383 g/mol. The first-order valence-corrected chi connectivity index (χ1v) is 9.52. The molecule has 0 saturated carbocycles. The van der Waals surface area contributed by atoms with Crippen molar-refractivity contribution in [3.05, 3.63) is 68.4 Å². The van der Waals surface area contributed by atoms with Crippen LogP contribution in [-0.4, -0.2) is 17.3 Å².